The summed E-state index contributed by atoms with van der Waals surface area (Å²) in [4.78, 5) is 11.5. The number of fused-ring (bicyclic) bond motifs is 1. The Kier molecular flexibility index (Phi) is 1.68. The first kappa shape index (κ1) is 9.19. The molecule has 1 amide bonds. The maximum Gasteiger partial charge on any atom is 0.234 e. The number of halogens is 1. The molecule has 2 nitrogen and oxygen atoms in total. The van der Waals surface area contributed by atoms with Gasteiger partial charge in [0.2, 0.25) is 5.91 Å². The van der Waals surface area contributed by atoms with Crippen LogP contribution in [0.2, 0.25) is 0 Å². The van der Waals surface area contributed by atoms with Crippen molar-refractivity contribution in [2.45, 2.75) is 26.2 Å². The number of benzene rings is 1. The molecule has 0 saturated carbocycles. The largest absolute Gasteiger partial charge is 0.325 e. The summed E-state index contributed by atoms with van der Waals surface area (Å²) in [6.07, 6.45) is 0. The van der Waals surface area contributed by atoms with Gasteiger partial charge >= 0.3 is 0 Å². The summed E-state index contributed by atoms with van der Waals surface area (Å²) in [5.41, 5.74) is 1.51. The first-order valence-electron chi connectivity index (χ1n) is 4.55. The van der Waals surface area contributed by atoms with Gasteiger partial charge in [-0.2, -0.15) is 0 Å². The number of hydrogen-bond acceptors (Lipinski definition) is 1. The molecule has 0 aliphatic carbocycles. The first-order chi connectivity index (χ1) is 6.43. The summed E-state index contributed by atoms with van der Waals surface area (Å²) in [6.45, 7) is 5.38. The molecular weight excluding hydrogens is 181 g/mol. The highest BCUT2D eigenvalue weighted by atomic mass is 19.1. The molecule has 1 N–H and O–H groups in total. The van der Waals surface area contributed by atoms with E-state index in [4.69, 9.17) is 0 Å². The van der Waals surface area contributed by atoms with E-state index in [1.807, 2.05) is 13.8 Å². The molecule has 14 heavy (non-hydrogen) atoms. The van der Waals surface area contributed by atoms with Crippen molar-refractivity contribution in [1.29, 1.82) is 0 Å². The number of hydrogen-bond donors (Lipinski definition) is 1. The monoisotopic (exact) mass is 193 g/mol. The lowest BCUT2D eigenvalue weighted by Gasteiger charge is -2.15. The molecule has 0 aromatic heterocycles. The topological polar surface area (TPSA) is 29.1 Å². The van der Waals surface area contributed by atoms with E-state index in [9.17, 15) is 9.18 Å². The minimum atomic E-state index is -0.548. The van der Waals surface area contributed by atoms with Gasteiger partial charge in [-0.1, -0.05) is 6.07 Å². The van der Waals surface area contributed by atoms with Crippen LogP contribution in [0.15, 0.2) is 12.1 Å². The van der Waals surface area contributed by atoms with E-state index in [-0.39, 0.29) is 11.7 Å². The zero-order chi connectivity index (χ0) is 10.5. The maximum absolute atomic E-state index is 13.2. The molecule has 2 rings (SSSR count). The Morgan fingerprint density at radius 1 is 1.36 bits per heavy atom. The van der Waals surface area contributed by atoms with Gasteiger partial charge in [0, 0.05) is 5.69 Å². The fraction of sp³-hybridized carbons (Fsp3) is 0.364. The van der Waals surface area contributed by atoms with Gasteiger partial charge in [-0.25, -0.2) is 4.39 Å². The number of aryl methyl sites for hydroxylation is 1. The number of nitrogens with one attached hydrogen (secondary N) is 1. The molecule has 0 saturated heterocycles. The van der Waals surface area contributed by atoms with E-state index in [2.05, 4.69) is 5.32 Å². The Bertz CT molecular complexity index is 424. The van der Waals surface area contributed by atoms with Gasteiger partial charge in [-0.3, -0.25) is 4.79 Å². The van der Waals surface area contributed by atoms with Gasteiger partial charge in [0.25, 0.3) is 0 Å². The highest BCUT2D eigenvalue weighted by molar-refractivity contribution is 6.05. The Labute approximate surface area is 82.1 Å². The average Bonchev–Trinajstić information content (AvgIpc) is 2.28. The molecule has 0 bridgehead atoms. The van der Waals surface area contributed by atoms with Crippen molar-refractivity contribution in [2.24, 2.45) is 0 Å². The Morgan fingerprint density at radius 3 is 2.64 bits per heavy atom. The highest BCUT2D eigenvalue weighted by Gasteiger charge is 2.38. The predicted molar refractivity (Wildman–Crippen MR) is 52.8 cm³/mol. The molecule has 0 atom stereocenters. The van der Waals surface area contributed by atoms with Gasteiger partial charge < -0.3 is 5.32 Å². The highest BCUT2D eigenvalue weighted by Crippen LogP contribution is 2.38. The van der Waals surface area contributed by atoms with Gasteiger partial charge in [0.15, 0.2) is 0 Å². The minimum Gasteiger partial charge on any atom is -0.325 e. The number of anilines is 1. The Hall–Kier alpha value is -1.38. The summed E-state index contributed by atoms with van der Waals surface area (Å²) in [5, 5.41) is 2.68. The Balaban J connectivity index is 2.67. The summed E-state index contributed by atoms with van der Waals surface area (Å²) in [5.74, 6) is -0.348. The summed E-state index contributed by atoms with van der Waals surface area (Å²) >= 11 is 0. The average molecular weight is 193 g/mol. The normalized spacial score (nSPS) is 17.9. The third-order valence-electron chi connectivity index (χ3n) is 2.79. The van der Waals surface area contributed by atoms with E-state index in [1.54, 1.807) is 13.0 Å². The minimum absolute atomic E-state index is 0.0718. The fourth-order valence-corrected chi connectivity index (χ4v) is 1.70. The second-order valence-corrected chi connectivity index (χ2v) is 4.23. The number of rotatable bonds is 0. The fourth-order valence-electron chi connectivity index (χ4n) is 1.70. The molecule has 0 radical (unpaired) electrons. The SMILES string of the molecule is Cc1cc2c(cc1F)NC(=O)C2(C)C. The zero-order valence-electron chi connectivity index (χ0n) is 8.44. The van der Waals surface area contributed by atoms with Crippen LogP contribution in [0.25, 0.3) is 0 Å². The van der Waals surface area contributed by atoms with Crippen LogP contribution in [0.3, 0.4) is 0 Å². The molecule has 0 fully saturated rings. The summed E-state index contributed by atoms with van der Waals surface area (Å²) in [6, 6.07) is 3.12. The zero-order valence-corrected chi connectivity index (χ0v) is 8.44. The standard InChI is InChI=1S/C11H12FNO/c1-6-4-7-9(5-8(6)12)13-10(14)11(7,2)3/h4-5H,1-3H3,(H,13,14). The van der Waals surface area contributed by atoms with E-state index < -0.39 is 5.41 Å². The van der Waals surface area contributed by atoms with Crippen molar-refractivity contribution in [3.63, 3.8) is 0 Å². The Morgan fingerprint density at radius 2 is 2.00 bits per heavy atom. The van der Waals surface area contributed by atoms with Crippen LogP contribution in [-0.4, -0.2) is 5.91 Å². The van der Waals surface area contributed by atoms with Crippen molar-refractivity contribution < 1.29 is 9.18 Å². The number of carbonyl (C=O) groups is 1. The maximum atomic E-state index is 13.2. The van der Waals surface area contributed by atoms with Crippen LogP contribution in [0.1, 0.15) is 25.0 Å². The molecule has 1 aliphatic heterocycles. The first-order valence-corrected chi connectivity index (χ1v) is 4.55. The van der Waals surface area contributed by atoms with Crippen molar-refractivity contribution >= 4 is 11.6 Å². The van der Waals surface area contributed by atoms with Crippen LogP contribution in [0.4, 0.5) is 10.1 Å². The predicted octanol–water partition coefficient (Wildman–Crippen LogP) is 2.36. The van der Waals surface area contributed by atoms with Crippen molar-refractivity contribution in [2.75, 3.05) is 5.32 Å². The lowest BCUT2D eigenvalue weighted by Crippen LogP contribution is -2.26. The molecule has 1 aliphatic rings. The molecule has 74 valence electrons. The van der Waals surface area contributed by atoms with Gasteiger partial charge in [-0.15, -0.1) is 0 Å². The van der Waals surface area contributed by atoms with Crippen LogP contribution >= 0.6 is 0 Å². The number of carbonyl (C=O) groups excluding carboxylic acids is 1. The second kappa shape index (κ2) is 2.56. The number of amides is 1. The van der Waals surface area contributed by atoms with Crippen molar-refractivity contribution in [3.8, 4) is 0 Å². The molecule has 3 heteroatoms. The lowest BCUT2D eigenvalue weighted by atomic mass is 9.85. The lowest BCUT2D eigenvalue weighted by molar-refractivity contribution is -0.119. The molecule has 0 unspecified atom stereocenters. The van der Waals surface area contributed by atoms with E-state index in [0.717, 1.165) is 5.56 Å². The van der Waals surface area contributed by atoms with Crippen molar-refractivity contribution in [3.05, 3.63) is 29.1 Å². The van der Waals surface area contributed by atoms with Gasteiger partial charge in [-0.05, 0) is 38.0 Å². The quantitative estimate of drug-likeness (QED) is 0.673. The third kappa shape index (κ3) is 1.05. The smallest absolute Gasteiger partial charge is 0.234 e. The van der Waals surface area contributed by atoms with Crippen molar-refractivity contribution in [1.82, 2.24) is 0 Å². The molecule has 0 spiro atoms. The van der Waals surface area contributed by atoms with E-state index >= 15 is 0 Å². The molecule has 1 heterocycles. The summed E-state index contributed by atoms with van der Waals surface area (Å²) in [7, 11) is 0. The van der Waals surface area contributed by atoms with E-state index in [1.165, 1.54) is 6.07 Å². The van der Waals surface area contributed by atoms with E-state index in [0.29, 0.717) is 11.3 Å². The second-order valence-electron chi connectivity index (χ2n) is 4.23. The van der Waals surface area contributed by atoms with Gasteiger partial charge in [0.1, 0.15) is 5.82 Å². The molecule has 1 aromatic rings. The summed E-state index contributed by atoms with van der Waals surface area (Å²) < 4.78 is 13.2. The van der Waals surface area contributed by atoms with Crippen LogP contribution in [0.5, 0.6) is 0 Å². The van der Waals surface area contributed by atoms with Crippen LogP contribution < -0.4 is 5.32 Å². The molecule has 1 aromatic carbocycles. The third-order valence-corrected chi connectivity index (χ3v) is 2.79. The van der Waals surface area contributed by atoms with Gasteiger partial charge in [0.05, 0.1) is 5.41 Å². The van der Waals surface area contributed by atoms with Crippen LogP contribution in [-0.2, 0) is 10.2 Å². The molecular formula is C11H12FNO. The van der Waals surface area contributed by atoms with Crippen LogP contribution in [0, 0.1) is 12.7 Å².